The Kier molecular flexibility index (Phi) is 16.9. The van der Waals surface area contributed by atoms with Gasteiger partial charge in [0.2, 0.25) is 0 Å². The molecule has 0 atom stereocenters. The second-order valence-electron chi connectivity index (χ2n) is 26.1. The zero-order valence-corrected chi connectivity index (χ0v) is 57.3. The lowest BCUT2D eigenvalue weighted by Crippen LogP contribution is -2.41. The smallest absolute Gasteiger partial charge is 0.405 e. The van der Waals surface area contributed by atoms with E-state index in [0.717, 1.165) is 20.1 Å². The van der Waals surface area contributed by atoms with Crippen LogP contribution in [0, 0.1) is 3.57 Å². The Balaban J connectivity index is 0.000000120. The van der Waals surface area contributed by atoms with Gasteiger partial charge >= 0.3 is 21.1 Å². The van der Waals surface area contributed by atoms with Crippen LogP contribution in [0.4, 0.5) is 0 Å². The summed E-state index contributed by atoms with van der Waals surface area (Å²) in [5.41, 5.74) is 8.62. The third-order valence-electron chi connectivity index (χ3n) is 18.6. The number of hydrogen-bond donors (Lipinski definition) is 0. The van der Waals surface area contributed by atoms with E-state index >= 15 is 0 Å². The number of rotatable bonds is 5. The van der Waals surface area contributed by atoms with Gasteiger partial charge in [0.25, 0.3) is 0 Å². The summed E-state index contributed by atoms with van der Waals surface area (Å²) >= 11 is 9.34. The van der Waals surface area contributed by atoms with Gasteiger partial charge < -0.3 is 37.1 Å². The fourth-order valence-corrected chi connectivity index (χ4v) is 12.8. The Morgan fingerprint density at radius 2 is 0.670 bits per heavy atom. The molecule has 8 nitrogen and oxygen atoms in total. The molecule has 14 heteroatoms. The standard InChI is InChI=1S/C28H18BrN.C24H24BNO2.C12H24B2O4.C10H6BrI/c29-23-14-12-20-16-19(10-11-21(20)17-23)22-13-15-28-26(18-22)25-8-4-5-9-27(25)30(28)24-6-2-1-3-7-24;1-23(2)24(3,4)28-25(27-23)17-14-15-22-20(16-17)19-12-8-9-13-21(19)26(22)18-10-6-5-7-11-18;1-9(2)10(3,4)16-13(15-9)14-17-11(5,6)12(7,8)18-14;11-9-3-1-8-6-10(12)4-2-7(8)5-9/h1-18H;5-16H,1-4H3;1-8H3;1-6H. The lowest BCUT2D eigenvalue weighted by atomic mass is 9.49. The first-order chi connectivity index (χ1) is 41.8. The Morgan fingerprint density at radius 3 is 1.16 bits per heavy atom. The zero-order chi connectivity index (χ0) is 62.1. The SMILES string of the molecule is Brc1ccc2cc(-c3ccc4c(c3)c3ccccc3n4-c3ccccc3)ccc2c1.Brc1ccc2cc(I)ccc2c1.CC1(C)OB(B2OC(C)(C)C(C)(C)O2)OC1(C)C.CC1(C)OB(c2ccc3c(c2)c2ccccc2n3-c2ccccc2)OC1(C)C. The van der Waals surface area contributed by atoms with Crippen molar-refractivity contribution in [3.8, 4) is 22.5 Å². The molecule has 5 heterocycles. The number of aromatic nitrogens is 2. The summed E-state index contributed by atoms with van der Waals surface area (Å²) in [6, 6.07) is 77.5. The predicted octanol–water partition coefficient (Wildman–Crippen LogP) is 19.9. The number of halogens is 3. The molecular formula is C74H72B3Br2IN2O6. The highest BCUT2D eigenvalue weighted by Gasteiger charge is 2.64. The molecule has 444 valence electrons. The van der Waals surface area contributed by atoms with E-state index in [1.165, 1.54) is 85.5 Å². The summed E-state index contributed by atoms with van der Waals surface area (Å²) < 4.78 is 44.6. The molecule has 0 N–H and O–H groups in total. The van der Waals surface area contributed by atoms with Crippen LogP contribution in [0.3, 0.4) is 0 Å². The maximum absolute atomic E-state index is 6.27. The molecule has 0 radical (unpaired) electrons. The fraction of sp³-hybridized carbons (Fsp3) is 0.243. The van der Waals surface area contributed by atoms with Crippen molar-refractivity contribution in [3.63, 3.8) is 0 Å². The fourth-order valence-electron chi connectivity index (χ4n) is 11.6. The normalized spacial score (nSPS) is 17.7. The quantitative estimate of drug-likeness (QED) is 0.126. The Labute approximate surface area is 549 Å². The minimum absolute atomic E-state index is 0.343. The van der Waals surface area contributed by atoms with Gasteiger partial charge in [0.1, 0.15) is 0 Å². The molecule has 0 spiro atoms. The molecule has 0 amide bonds. The van der Waals surface area contributed by atoms with Crippen molar-refractivity contribution in [2.75, 3.05) is 0 Å². The predicted molar refractivity (Wildman–Crippen MR) is 384 cm³/mol. The molecule has 3 aliphatic heterocycles. The van der Waals surface area contributed by atoms with E-state index in [9.17, 15) is 0 Å². The lowest BCUT2D eigenvalue weighted by molar-refractivity contribution is 0.00578. The van der Waals surface area contributed by atoms with Crippen molar-refractivity contribution < 1.29 is 27.9 Å². The third-order valence-corrected chi connectivity index (χ3v) is 20.2. The summed E-state index contributed by atoms with van der Waals surface area (Å²) in [7, 11) is -1.31. The molecular weight excluding hydrogens is 1330 g/mol. The van der Waals surface area contributed by atoms with Gasteiger partial charge in [0.15, 0.2) is 0 Å². The highest BCUT2D eigenvalue weighted by molar-refractivity contribution is 14.1. The number of benzene rings is 10. The molecule has 88 heavy (non-hydrogen) atoms. The number of hydrogen-bond acceptors (Lipinski definition) is 6. The Hall–Kier alpha value is -6.04. The van der Waals surface area contributed by atoms with Gasteiger partial charge in [0.05, 0.1) is 55.7 Å². The van der Waals surface area contributed by atoms with Crippen LogP contribution < -0.4 is 5.46 Å². The minimum atomic E-state index is -0.476. The van der Waals surface area contributed by atoms with E-state index in [1.54, 1.807) is 0 Å². The first-order valence-electron chi connectivity index (χ1n) is 30.1. The van der Waals surface area contributed by atoms with Crippen molar-refractivity contribution in [2.24, 2.45) is 0 Å². The average Bonchev–Trinajstić information content (AvgIpc) is 1.95. The summed E-state index contributed by atoms with van der Waals surface area (Å²) in [6.07, 6.45) is 0. The second kappa shape index (κ2) is 24.0. The Bertz CT molecular complexity index is 4440. The summed E-state index contributed by atoms with van der Waals surface area (Å²) in [5, 5.41) is 10.1. The van der Waals surface area contributed by atoms with E-state index in [4.69, 9.17) is 27.9 Å². The van der Waals surface area contributed by atoms with Gasteiger partial charge in [-0.1, -0.05) is 153 Å². The van der Waals surface area contributed by atoms with Crippen LogP contribution in [-0.4, -0.2) is 63.9 Å². The molecule has 0 aliphatic carbocycles. The van der Waals surface area contributed by atoms with Crippen LogP contribution >= 0.6 is 54.5 Å². The minimum Gasteiger partial charge on any atom is -0.405 e. The van der Waals surface area contributed by atoms with E-state index in [-0.39, 0.29) is 40.7 Å². The number of nitrogens with zero attached hydrogens (tertiary/aromatic N) is 2. The molecule has 0 unspecified atom stereocenters. The van der Waals surface area contributed by atoms with Crippen LogP contribution in [-0.2, 0) is 27.9 Å². The van der Waals surface area contributed by atoms with Crippen LogP contribution in [0.1, 0.15) is 83.1 Å². The molecule has 0 saturated carbocycles. The molecule has 3 aliphatic rings. The van der Waals surface area contributed by atoms with Crippen molar-refractivity contribution in [2.45, 2.75) is 117 Å². The molecule has 3 saturated heterocycles. The highest BCUT2D eigenvalue weighted by atomic mass is 127. The van der Waals surface area contributed by atoms with Crippen LogP contribution in [0.5, 0.6) is 0 Å². The van der Waals surface area contributed by atoms with Crippen molar-refractivity contribution in [1.29, 1.82) is 0 Å². The van der Waals surface area contributed by atoms with Gasteiger partial charge in [0, 0.05) is 45.4 Å². The van der Waals surface area contributed by atoms with Crippen LogP contribution in [0.2, 0.25) is 0 Å². The molecule has 2 aromatic heterocycles. The van der Waals surface area contributed by atoms with Crippen LogP contribution in [0.15, 0.2) is 227 Å². The van der Waals surface area contributed by atoms with Gasteiger partial charge in [-0.15, -0.1) is 0 Å². The maximum atomic E-state index is 6.27. The second-order valence-corrected chi connectivity index (χ2v) is 29.1. The number of para-hydroxylation sites is 4. The lowest BCUT2D eigenvalue weighted by Gasteiger charge is -2.32. The van der Waals surface area contributed by atoms with Gasteiger partial charge in [-0.05, 0) is 241 Å². The molecule has 3 fully saturated rings. The van der Waals surface area contributed by atoms with E-state index in [1.807, 2.05) is 61.5 Å². The molecule has 10 aromatic carbocycles. The average molecular weight is 1400 g/mol. The van der Waals surface area contributed by atoms with Gasteiger partial charge in [-0.25, -0.2) is 0 Å². The van der Waals surface area contributed by atoms with E-state index < -0.39 is 14.0 Å². The zero-order valence-electron chi connectivity index (χ0n) is 52.0. The topological polar surface area (TPSA) is 65.2 Å². The first kappa shape index (κ1) is 62.2. The van der Waals surface area contributed by atoms with Gasteiger partial charge in [-0.2, -0.15) is 0 Å². The van der Waals surface area contributed by atoms with Crippen LogP contribution in [0.25, 0.3) is 87.7 Å². The molecule has 15 rings (SSSR count). The summed E-state index contributed by atoms with van der Waals surface area (Å²) in [4.78, 5) is 0. The summed E-state index contributed by atoms with van der Waals surface area (Å²) in [6.45, 7) is 24.6. The van der Waals surface area contributed by atoms with Crippen molar-refractivity contribution in [1.82, 2.24) is 9.13 Å². The first-order valence-corrected chi connectivity index (χ1v) is 32.7. The molecule has 12 aromatic rings. The van der Waals surface area contributed by atoms with Gasteiger partial charge in [-0.3, -0.25) is 0 Å². The van der Waals surface area contributed by atoms with E-state index in [2.05, 4.69) is 304 Å². The summed E-state index contributed by atoms with van der Waals surface area (Å²) in [5.74, 6) is 0. The van der Waals surface area contributed by atoms with Crippen molar-refractivity contribution in [3.05, 3.63) is 231 Å². The van der Waals surface area contributed by atoms with Crippen molar-refractivity contribution >= 4 is 146 Å². The highest BCUT2D eigenvalue weighted by Crippen LogP contribution is 2.44. The number of fused-ring (bicyclic) bond motifs is 8. The Morgan fingerprint density at radius 1 is 0.318 bits per heavy atom. The monoisotopic (exact) mass is 1400 g/mol. The largest absolute Gasteiger partial charge is 0.494 e. The third kappa shape index (κ3) is 12.1. The molecule has 0 bridgehead atoms. The van der Waals surface area contributed by atoms with E-state index in [0.29, 0.717) is 0 Å². The maximum Gasteiger partial charge on any atom is 0.494 e.